The Labute approximate surface area is 196 Å². The number of hydrogen-bond donors (Lipinski definition) is 1. The van der Waals surface area contributed by atoms with Crippen LogP contribution in [0.25, 0.3) is 10.2 Å². The quantitative estimate of drug-likeness (QED) is 0.508. The Morgan fingerprint density at radius 3 is 2.45 bits per heavy atom. The van der Waals surface area contributed by atoms with Gasteiger partial charge in [-0.3, -0.25) is 18.5 Å². The summed E-state index contributed by atoms with van der Waals surface area (Å²) in [7, 11) is -4.16. The fourth-order valence-corrected chi connectivity index (χ4v) is 5.38. The zero-order chi connectivity index (χ0) is 24.7. The molecule has 0 bridgehead atoms. The average Bonchev–Trinajstić information content (AvgIpc) is 3.00. The highest BCUT2D eigenvalue weighted by atomic mass is 35.5. The maximum atomic E-state index is 13.1. The molecule has 0 unspecified atom stereocenters. The third-order valence-corrected chi connectivity index (χ3v) is 7.01. The summed E-state index contributed by atoms with van der Waals surface area (Å²) >= 11 is 6.96. The lowest BCUT2D eigenvalue weighted by Crippen LogP contribution is -2.37. The molecule has 0 aliphatic carbocycles. The first kappa shape index (κ1) is 25.1. The Morgan fingerprint density at radius 2 is 1.88 bits per heavy atom. The van der Waals surface area contributed by atoms with E-state index in [1.54, 1.807) is 22.8 Å². The highest BCUT2D eigenvalue weighted by molar-refractivity contribution is 7.92. The summed E-state index contributed by atoms with van der Waals surface area (Å²) in [6.07, 6.45) is -3.97. The van der Waals surface area contributed by atoms with E-state index in [4.69, 9.17) is 11.6 Å². The van der Waals surface area contributed by atoms with Crippen molar-refractivity contribution < 1.29 is 26.4 Å². The number of benzene rings is 2. The van der Waals surface area contributed by atoms with Gasteiger partial charge in [0.25, 0.3) is 0 Å². The zero-order valence-corrected chi connectivity index (χ0v) is 20.0. The highest BCUT2D eigenvalue weighted by Crippen LogP contribution is 2.36. The molecule has 0 fully saturated rings. The van der Waals surface area contributed by atoms with Crippen LogP contribution in [0, 0.1) is 0 Å². The van der Waals surface area contributed by atoms with Gasteiger partial charge in [-0.25, -0.2) is 8.42 Å². The number of alkyl halides is 3. The fourth-order valence-electron chi connectivity index (χ4n) is 3.20. The van der Waals surface area contributed by atoms with Crippen LogP contribution < -0.4 is 14.5 Å². The molecule has 2 aromatic carbocycles. The number of fused-ring (bicyclic) bond motifs is 1. The number of amides is 1. The lowest BCUT2D eigenvalue weighted by Gasteiger charge is -2.24. The second-order valence-corrected chi connectivity index (χ2v) is 10.8. The molecule has 0 radical (unpaired) electrons. The molecule has 178 valence electrons. The van der Waals surface area contributed by atoms with Gasteiger partial charge in [0.1, 0.15) is 6.54 Å². The van der Waals surface area contributed by atoms with Gasteiger partial charge in [0, 0.05) is 11.7 Å². The van der Waals surface area contributed by atoms with Gasteiger partial charge in [0.15, 0.2) is 0 Å². The molecule has 13 heteroatoms. The number of nitrogens with one attached hydrogen (secondary N) is 1. The predicted molar refractivity (Wildman–Crippen MR) is 124 cm³/mol. The summed E-state index contributed by atoms with van der Waals surface area (Å²) in [5.41, 5.74) is -0.586. The molecule has 0 saturated carbocycles. The van der Waals surface area contributed by atoms with Crippen molar-refractivity contribution in [1.29, 1.82) is 0 Å². The number of sulfonamides is 1. The van der Waals surface area contributed by atoms with Crippen molar-refractivity contribution in [1.82, 2.24) is 4.57 Å². The third kappa shape index (κ3) is 5.50. The van der Waals surface area contributed by atoms with E-state index in [2.05, 4.69) is 5.32 Å². The molecule has 0 spiro atoms. The molecule has 7 nitrogen and oxygen atoms in total. The van der Waals surface area contributed by atoms with Gasteiger partial charge >= 0.3 is 11.0 Å². The van der Waals surface area contributed by atoms with Crippen molar-refractivity contribution in [3.8, 4) is 0 Å². The molecule has 1 aromatic heterocycles. The first-order valence-corrected chi connectivity index (χ1v) is 12.5. The SMILES string of the molecule is CC(C)n1c(=O)sc2cc(NC(=O)CN(c3cc(C(F)(F)F)ccc3Cl)S(C)(=O)=O)ccc21. The van der Waals surface area contributed by atoms with Crippen molar-refractivity contribution in [3.05, 3.63) is 56.7 Å². The normalized spacial score (nSPS) is 12.4. The molecule has 1 heterocycles. The molecule has 3 rings (SSSR count). The van der Waals surface area contributed by atoms with Gasteiger partial charge in [-0.1, -0.05) is 22.9 Å². The lowest BCUT2D eigenvalue weighted by molar-refractivity contribution is -0.137. The lowest BCUT2D eigenvalue weighted by atomic mass is 10.2. The Bertz CT molecular complexity index is 1380. The Balaban J connectivity index is 1.90. The van der Waals surface area contributed by atoms with Crippen LogP contribution in [-0.2, 0) is 21.0 Å². The third-order valence-electron chi connectivity index (χ3n) is 4.64. The second-order valence-electron chi connectivity index (χ2n) is 7.50. The molecular formula is C20H19ClF3N3O4S2. The molecule has 1 amide bonds. The van der Waals surface area contributed by atoms with Crippen LogP contribution in [-0.4, -0.2) is 31.7 Å². The van der Waals surface area contributed by atoms with E-state index in [1.807, 2.05) is 13.8 Å². The first-order chi connectivity index (χ1) is 15.2. The van der Waals surface area contributed by atoms with Crippen LogP contribution in [0.3, 0.4) is 0 Å². The number of thiazole rings is 1. The van der Waals surface area contributed by atoms with E-state index in [0.29, 0.717) is 26.3 Å². The first-order valence-electron chi connectivity index (χ1n) is 9.48. The summed E-state index contributed by atoms with van der Waals surface area (Å²) in [5.74, 6) is -0.802. The van der Waals surface area contributed by atoms with Gasteiger partial charge in [-0.2, -0.15) is 13.2 Å². The number of carbonyl (C=O) groups excluding carboxylic acids is 1. The smallest absolute Gasteiger partial charge is 0.324 e. The molecule has 0 aliphatic rings. The molecule has 0 saturated heterocycles. The molecule has 33 heavy (non-hydrogen) atoms. The molecule has 3 aromatic rings. The van der Waals surface area contributed by atoms with Crippen LogP contribution in [0.2, 0.25) is 5.02 Å². The number of carbonyl (C=O) groups is 1. The minimum atomic E-state index is -4.73. The van der Waals surface area contributed by atoms with Crippen molar-refractivity contribution in [3.63, 3.8) is 0 Å². The summed E-state index contributed by atoms with van der Waals surface area (Å²) in [4.78, 5) is 24.6. The highest BCUT2D eigenvalue weighted by Gasteiger charge is 2.33. The predicted octanol–water partition coefficient (Wildman–Crippen LogP) is 4.72. The van der Waals surface area contributed by atoms with E-state index in [0.717, 1.165) is 29.7 Å². The molecular weight excluding hydrogens is 503 g/mol. The van der Waals surface area contributed by atoms with E-state index in [1.165, 1.54) is 0 Å². The van der Waals surface area contributed by atoms with Crippen molar-refractivity contribution in [2.75, 3.05) is 22.4 Å². The van der Waals surface area contributed by atoms with Gasteiger partial charge in [-0.05, 0) is 50.2 Å². The number of halogens is 4. The summed E-state index contributed by atoms with van der Waals surface area (Å²) in [5, 5.41) is 2.25. The zero-order valence-electron chi connectivity index (χ0n) is 17.6. The second kappa shape index (κ2) is 8.99. The number of aromatic nitrogens is 1. The summed E-state index contributed by atoms with van der Waals surface area (Å²) < 4.78 is 66.6. The van der Waals surface area contributed by atoms with Crippen LogP contribution in [0.15, 0.2) is 41.2 Å². The minimum absolute atomic E-state index is 0.0628. The Morgan fingerprint density at radius 1 is 1.21 bits per heavy atom. The number of nitrogens with zero attached hydrogens (tertiary/aromatic N) is 2. The standard InChI is InChI=1S/C20H19ClF3N3O4S2/c1-11(2)27-15-7-5-13(9-17(15)32-19(27)29)25-18(28)10-26(33(3,30)31)16-8-12(20(22,23)24)4-6-14(16)21/h4-9,11H,10H2,1-3H3,(H,25,28). The van der Waals surface area contributed by atoms with Gasteiger partial charge < -0.3 is 5.32 Å². The van der Waals surface area contributed by atoms with Gasteiger partial charge in [-0.15, -0.1) is 0 Å². The van der Waals surface area contributed by atoms with Crippen LogP contribution in [0.4, 0.5) is 24.5 Å². The summed E-state index contributed by atoms with van der Waals surface area (Å²) in [6, 6.07) is 6.93. The van der Waals surface area contributed by atoms with Gasteiger partial charge in [0.05, 0.1) is 32.7 Å². The van der Waals surface area contributed by atoms with Gasteiger partial charge in [0.2, 0.25) is 15.9 Å². The maximum Gasteiger partial charge on any atom is 0.416 e. The van der Waals surface area contributed by atoms with Crippen LogP contribution in [0.1, 0.15) is 25.5 Å². The molecule has 0 aliphatic heterocycles. The van der Waals surface area contributed by atoms with E-state index < -0.39 is 39.9 Å². The fraction of sp³-hybridized carbons (Fsp3) is 0.300. The minimum Gasteiger partial charge on any atom is -0.324 e. The topological polar surface area (TPSA) is 88.5 Å². The number of rotatable bonds is 6. The van der Waals surface area contributed by atoms with Crippen LogP contribution >= 0.6 is 22.9 Å². The van der Waals surface area contributed by atoms with E-state index >= 15 is 0 Å². The van der Waals surface area contributed by atoms with Crippen molar-refractivity contribution >= 4 is 60.5 Å². The molecule has 0 atom stereocenters. The van der Waals surface area contributed by atoms with E-state index in [-0.39, 0.29) is 15.9 Å². The maximum absolute atomic E-state index is 13.1. The molecule has 1 N–H and O–H groups in total. The summed E-state index contributed by atoms with van der Waals surface area (Å²) in [6.45, 7) is 2.92. The Kier molecular flexibility index (Phi) is 6.83. The van der Waals surface area contributed by atoms with Crippen LogP contribution in [0.5, 0.6) is 0 Å². The number of hydrogen-bond acceptors (Lipinski definition) is 5. The number of anilines is 2. The largest absolute Gasteiger partial charge is 0.416 e. The Hall–Kier alpha value is -2.57. The van der Waals surface area contributed by atoms with E-state index in [9.17, 15) is 31.2 Å². The van der Waals surface area contributed by atoms with Crippen molar-refractivity contribution in [2.45, 2.75) is 26.1 Å². The monoisotopic (exact) mass is 521 g/mol. The average molecular weight is 522 g/mol. The van der Waals surface area contributed by atoms with Crippen molar-refractivity contribution in [2.24, 2.45) is 0 Å².